The summed E-state index contributed by atoms with van der Waals surface area (Å²) >= 11 is 0. The van der Waals surface area contributed by atoms with Gasteiger partial charge in [0.2, 0.25) is 6.36 Å². The molecule has 0 aromatic heterocycles. The maximum Gasteiger partial charge on any atom is 0.242 e. The number of alkyl halides is 1. The number of rotatable bonds is 3. The molecule has 0 aliphatic heterocycles. The molecule has 0 saturated carbocycles. The zero-order valence-corrected chi connectivity index (χ0v) is 4.89. The second kappa shape index (κ2) is 3.77. The molecule has 8 heavy (non-hydrogen) atoms. The maximum absolute atomic E-state index is 12.0. The summed E-state index contributed by atoms with van der Waals surface area (Å²) < 4.78 is 12.0. The van der Waals surface area contributed by atoms with Crippen LogP contribution in [-0.2, 0) is 4.84 Å². The molecule has 1 unspecified atom stereocenters. The molecule has 0 spiro atoms. The van der Waals surface area contributed by atoms with Crippen LogP contribution in [0.4, 0.5) is 4.39 Å². The smallest absolute Gasteiger partial charge is 0.242 e. The van der Waals surface area contributed by atoms with Gasteiger partial charge in [0.1, 0.15) is 6.10 Å². The lowest BCUT2D eigenvalue weighted by atomic mass is 10.4. The first-order valence-electron chi connectivity index (χ1n) is 2.33. The third kappa shape index (κ3) is 2.90. The quantitative estimate of drug-likeness (QED) is 0.511. The van der Waals surface area contributed by atoms with Gasteiger partial charge in [-0.15, -0.1) is 0 Å². The zero-order valence-electron chi connectivity index (χ0n) is 4.89. The van der Waals surface area contributed by atoms with E-state index in [1.54, 1.807) is 0 Å². The predicted molar refractivity (Wildman–Crippen MR) is 26.7 cm³/mol. The minimum Gasteiger partial charge on any atom is -0.388 e. The fourth-order valence-corrected chi connectivity index (χ4v) is 0.211. The van der Waals surface area contributed by atoms with E-state index in [-0.39, 0.29) is 0 Å². The van der Waals surface area contributed by atoms with Gasteiger partial charge in [0.05, 0.1) is 0 Å². The van der Waals surface area contributed by atoms with Crippen molar-refractivity contribution in [2.24, 2.45) is 0 Å². The maximum atomic E-state index is 12.0. The number of nitrogens with one attached hydrogen (secondary N) is 1. The molecule has 0 aromatic rings. The van der Waals surface area contributed by atoms with Crippen molar-refractivity contribution >= 4 is 0 Å². The molecule has 3 nitrogen and oxygen atoms in total. The Morgan fingerprint density at radius 2 is 2.25 bits per heavy atom. The van der Waals surface area contributed by atoms with E-state index in [4.69, 9.17) is 5.11 Å². The van der Waals surface area contributed by atoms with E-state index in [0.717, 1.165) is 0 Å². The first kappa shape index (κ1) is 7.81. The number of aliphatic hydroxyl groups is 1. The Morgan fingerprint density at radius 1 is 1.75 bits per heavy atom. The summed E-state index contributed by atoms with van der Waals surface area (Å²) in [7, 11) is 1.43. The van der Waals surface area contributed by atoms with E-state index in [1.807, 2.05) is 0 Å². The molecule has 0 aliphatic carbocycles. The van der Waals surface area contributed by atoms with Gasteiger partial charge in [-0.2, -0.15) is 0 Å². The molecule has 0 radical (unpaired) electrons. The third-order valence-corrected chi connectivity index (χ3v) is 0.610. The van der Waals surface area contributed by atoms with Crippen LogP contribution in [-0.4, -0.2) is 24.6 Å². The van der Waals surface area contributed by atoms with Gasteiger partial charge < -0.3 is 5.11 Å². The van der Waals surface area contributed by atoms with Crippen molar-refractivity contribution in [3.63, 3.8) is 0 Å². The van der Waals surface area contributed by atoms with E-state index >= 15 is 0 Å². The highest BCUT2D eigenvalue weighted by Gasteiger charge is 2.11. The van der Waals surface area contributed by atoms with Crippen molar-refractivity contribution in [1.29, 1.82) is 0 Å². The van der Waals surface area contributed by atoms with Gasteiger partial charge in [-0.3, -0.25) is 4.84 Å². The average molecular weight is 123 g/mol. The molecular formula is C4H10FNO2. The second-order valence-corrected chi connectivity index (χ2v) is 1.41. The Bertz CT molecular complexity index is 60.0. The van der Waals surface area contributed by atoms with Gasteiger partial charge in [0.15, 0.2) is 0 Å². The molecular weight excluding hydrogens is 113 g/mol. The van der Waals surface area contributed by atoms with E-state index in [0.29, 0.717) is 0 Å². The number of hydrogen-bond acceptors (Lipinski definition) is 3. The minimum absolute atomic E-state index is 1.08. The lowest BCUT2D eigenvalue weighted by molar-refractivity contribution is -0.142. The SMILES string of the molecule is CNOC(F)[C@H](C)O. The average Bonchev–Trinajstić information content (AvgIpc) is 1.67. The third-order valence-electron chi connectivity index (χ3n) is 0.610. The van der Waals surface area contributed by atoms with Gasteiger partial charge in [0.25, 0.3) is 0 Å². The first-order chi connectivity index (χ1) is 3.68. The summed E-state index contributed by atoms with van der Waals surface area (Å²) in [6.07, 6.45) is -2.72. The van der Waals surface area contributed by atoms with Crippen LogP contribution in [0.25, 0.3) is 0 Å². The summed E-state index contributed by atoms with van der Waals surface area (Å²) in [5, 5.41) is 8.41. The van der Waals surface area contributed by atoms with Gasteiger partial charge in [-0.25, -0.2) is 9.87 Å². The predicted octanol–water partition coefficient (Wildman–Crippen LogP) is -0.186. The summed E-state index contributed by atoms with van der Waals surface area (Å²) in [6, 6.07) is 0. The topological polar surface area (TPSA) is 41.5 Å². The molecule has 0 fully saturated rings. The normalized spacial score (nSPS) is 18.0. The molecule has 0 rings (SSSR count). The molecule has 2 N–H and O–H groups in total. The van der Waals surface area contributed by atoms with Crippen molar-refractivity contribution in [3.05, 3.63) is 0 Å². The van der Waals surface area contributed by atoms with Crippen molar-refractivity contribution in [3.8, 4) is 0 Å². The van der Waals surface area contributed by atoms with Crippen molar-refractivity contribution in [1.82, 2.24) is 5.48 Å². The summed E-state index contributed by atoms with van der Waals surface area (Å²) in [5.74, 6) is 0. The molecule has 0 aromatic carbocycles. The Labute approximate surface area is 47.4 Å². The Balaban J connectivity index is 3.17. The Kier molecular flexibility index (Phi) is 3.68. The van der Waals surface area contributed by atoms with Crippen LogP contribution < -0.4 is 5.48 Å². The summed E-state index contributed by atoms with van der Waals surface area (Å²) in [6.45, 7) is 1.31. The van der Waals surface area contributed by atoms with E-state index in [2.05, 4.69) is 10.3 Å². The number of hydrogen-bond donors (Lipinski definition) is 2. The highest BCUT2D eigenvalue weighted by atomic mass is 19.1. The van der Waals surface area contributed by atoms with Gasteiger partial charge in [-0.1, -0.05) is 0 Å². The molecule has 0 bridgehead atoms. The largest absolute Gasteiger partial charge is 0.388 e. The summed E-state index contributed by atoms with van der Waals surface area (Å²) in [5.41, 5.74) is 2.11. The van der Waals surface area contributed by atoms with Crippen LogP contribution in [0.5, 0.6) is 0 Å². The zero-order chi connectivity index (χ0) is 6.57. The van der Waals surface area contributed by atoms with Crippen molar-refractivity contribution < 1.29 is 14.3 Å². The highest BCUT2D eigenvalue weighted by Crippen LogP contribution is 1.95. The van der Waals surface area contributed by atoms with Crippen LogP contribution >= 0.6 is 0 Å². The lowest BCUT2D eigenvalue weighted by Crippen LogP contribution is -2.26. The molecule has 0 amide bonds. The van der Waals surface area contributed by atoms with E-state index in [9.17, 15) is 4.39 Å². The van der Waals surface area contributed by atoms with Crippen LogP contribution in [0.3, 0.4) is 0 Å². The molecule has 0 aliphatic rings. The summed E-state index contributed by atoms with van der Waals surface area (Å²) in [4.78, 5) is 4.14. The molecule has 0 heterocycles. The van der Waals surface area contributed by atoms with Gasteiger partial charge in [-0.05, 0) is 6.92 Å². The molecule has 50 valence electrons. The fourth-order valence-electron chi connectivity index (χ4n) is 0.211. The monoisotopic (exact) mass is 123 g/mol. The van der Waals surface area contributed by atoms with E-state index < -0.39 is 12.5 Å². The lowest BCUT2D eigenvalue weighted by Gasteiger charge is -2.08. The molecule has 0 saturated heterocycles. The highest BCUT2D eigenvalue weighted by molar-refractivity contribution is 4.46. The Hall–Kier alpha value is -0.190. The minimum atomic E-state index is -1.64. The molecule has 2 atom stereocenters. The number of hydroxylamine groups is 1. The standard InChI is InChI=1S/C4H10FNO2/c1-3(7)4(5)8-6-2/h3-4,6-7H,1-2H3/t3-,4?/m0/s1. The van der Waals surface area contributed by atoms with Gasteiger partial charge >= 0.3 is 0 Å². The number of aliphatic hydroxyl groups excluding tert-OH is 1. The fraction of sp³-hybridized carbons (Fsp3) is 1.00. The second-order valence-electron chi connectivity index (χ2n) is 1.41. The van der Waals surface area contributed by atoms with Crippen LogP contribution in [0.15, 0.2) is 0 Å². The van der Waals surface area contributed by atoms with Gasteiger partial charge in [0, 0.05) is 7.05 Å². The first-order valence-corrected chi connectivity index (χ1v) is 2.33. The number of halogens is 1. The van der Waals surface area contributed by atoms with Crippen LogP contribution in [0, 0.1) is 0 Å². The van der Waals surface area contributed by atoms with E-state index in [1.165, 1.54) is 14.0 Å². The van der Waals surface area contributed by atoms with Crippen molar-refractivity contribution in [2.45, 2.75) is 19.4 Å². The Morgan fingerprint density at radius 3 is 2.38 bits per heavy atom. The van der Waals surface area contributed by atoms with Crippen molar-refractivity contribution in [2.75, 3.05) is 7.05 Å². The van der Waals surface area contributed by atoms with Crippen LogP contribution in [0.1, 0.15) is 6.92 Å². The van der Waals surface area contributed by atoms with Crippen LogP contribution in [0.2, 0.25) is 0 Å². The molecule has 4 heteroatoms.